The van der Waals surface area contributed by atoms with Gasteiger partial charge in [-0.1, -0.05) is 12.1 Å². The summed E-state index contributed by atoms with van der Waals surface area (Å²) in [6, 6.07) is 8.14. The molecule has 1 aromatic carbocycles. The Morgan fingerprint density at radius 1 is 1.39 bits per heavy atom. The van der Waals surface area contributed by atoms with Crippen molar-refractivity contribution >= 4 is 28.7 Å². The first kappa shape index (κ1) is 14.3. The highest BCUT2D eigenvalue weighted by Crippen LogP contribution is 2.34. The highest BCUT2D eigenvalue weighted by atomic mass is 32.1. The third-order valence-electron chi connectivity index (χ3n) is 4.39. The topological polar surface area (TPSA) is 63.9 Å². The summed E-state index contributed by atoms with van der Waals surface area (Å²) >= 11 is 1.07. The van der Waals surface area contributed by atoms with Crippen LogP contribution >= 0.6 is 11.7 Å². The smallest absolute Gasteiger partial charge is 0.275 e. The fourth-order valence-electron chi connectivity index (χ4n) is 3.37. The first-order valence-corrected chi connectivity index (χ1v) is 8.56. The second-order valence-corrected chi connectivity index (χ2v) is 6.21. The number of rotatable bonds is 3. The van der Waals surface area contributed by atoms with Gasteiger partial charge in [0.25, 0.3) is 5.91 Å². The van der Waals surface area contributed by atoms with E-state index in [1.54, 1.807) is 6.20 Å². The van der Waals surface area contributed by atoms with Crippen molar-refractivity contribution in [2.24, 2.45) is 0 Å². The molecule has 23 heavy (non-hydrogen) atoms. The Labute approximate surface area is 138 Å². The SMILES string of the molecule is CCn1c([C@H]2CCCN2C(=O)c2cnsn2)nc2ccccc21. The molecule has 4 rings (SSSR count). The van der Waals surface area contributed by atoms with E-state index in [1.165, 1.54) is 0 Å². The average Bonchev–Trinajstić information content (AvgIpc) is 3.31. The van der Waals surface area contributed by atoms with Gasteiger partial charge < -0.3 is 9.47 Å². The normalized spacial score (nSPS) is 18.0. The molecule has 7 heteroatoms. The zero-order chi connectivity index (χ0) is 15.8. The van der Waals surface area contributed by atoms with Gasteiger partial charge in [0.15, 0.2) is 5.69 Å². The second kappa shape index (κ2) is 5.73. The maximum atomic E-state index is 12.7. The highest BCUT2D eigenvalue weighted by Gasteiger charge is 2.34. The summed E-state index contributed by atoms with van der Waals surface area (Å²) < 4.78 is 10.2. The number of aromatic nitrogens is 4. The van der Waals surface area contributed by atoms with E-state index in [4.69, 9.17) is 4.98 Å². The number of aryl methyl sites for hydroxylation is 1. The molecule has 1 aliphatic heterocycles. The van der Waals surface area contributed by atoms with E-state index in [1.807, 2.05) is 23.1 Å². The lowest BCUT2D eigenvalue weighted by Crippen LogP contribution is -2.32. The van der Waals surface area contributed by atoms with E-state index in [0.29, 0.717) is 5.69 Å². The minimum atomic E-state index is -0.0454. The highest BCUT2D eigenvalue weighted by molar-refractivity contribution is 6.99. The van der Waals surface area contributed by atoms with Gasteiger partial charge in [0.1, 0.15) is 5.82 Å². The summed E-state index contributed by atoms with van der Waals surface area (Å²) in [6.45, 7) is 3.70. The van der Waals surface area contributed by atoms with Crippen LogP contribution in [0.1, 0.15) is 42.1 Å². The number of benzene rings is 1. The van der Waals surface area contributed by atoms with Crippen molar-refractivity contribution in [1.82, 2.24) is 23.2 Å². The maximum Gasteiger partial charge on any atom is 0.275 e. The summed E-state index contributed by atoms with van der Waals surface area (Å²) in [5, 5.41) is 0. The number of hydrogen-bond donors (Lipinski definition) is 0. The van der Waals surface area contributed by atoms with Gasteiger partial charge in [-0.15, -0.1) is 0 Å². The van der Waals surface area contributed by atoms with Crippen LogP contribution in [0.15, 0.2) is 30.5 Å². The molecule has 0 spiro atoms. The van der Waals surface area contributed by atoms with Crippen LogP contribution in [-0.4, -0.2) is 35.7 Å². The number of carbonyl (C=O) groups is 1. The molecule has 0 N–H and O–H groups in total. The van der Waals surface area contributed by atoms with E-state index < -0.39 is 0 Å². The maximum absolute atomic E-state index is 12.7. The van der Waals surface area contributed by atoms with E-state index >= 15 is 0 Å². The van der Waals surface area contributed by atoms with Crippen molar-refractivity contribution in [1.29, 1.82) is 0 Å². The third kappa shape index (κ3) is 2.31. The van der Waals surface area contributed by atoms with Gasteiger partial charge in [-0.25, -0.2) is 4.98 Å². The molecule has 6 nitrogen and oxygen atoms in total. The molecule has 2 aromatic heterocycles. The van der Waals surface area contributed by atoms with E-state index in [9.17, 15) is 4.79 Å². The molecule has 1 aliphatic rings. The number of likely N-dealkylation sites (tertiary alicyclic amines) is 1. The van der Waals surface area contributed by atoms with Gasteiger partial charge in [0, 0.05) is 13.1 Å². The Morgan fingerprint density at radius 2 is 2.26 bits per heavy atom. The zero-order valence-corrected chi connectivity index (χ0v) is 13.7. The fraction of sp³-hybridized carbons (Fsp3) is 0.375. The molecule has 0 bridgehead atoms. The first-order valence-electron chi connectivity index (χ1n) is 7.83. The summed E-state index contributed by atoms with van der Waals surface area (Å²) in [5.74, 6) is 0.929. The number of imidazole rings is 1. The van der Waals surface area contributed by atoms with Crippen molar-refractivity contribution in [3.63, 3.8) is 0 Å². The van der Waals surface area contributed by atoms with Crippen LogP contribution in [0.2, 0.25) is 0 Å². The van der Waals surface area contributed by atoms with Crippen molar-refractivity contribution in [3.8, 4) is 0 Å². The van der Waals surface area contributed by atoms with Crippen molar-refractivity contribution in [3.05, 3.63) is 42.0 Å². The van der Waals surface area contributed by atoms with Crippen LogP contribution in [0.5, 0.6) is 0 Å². The fourth-order valence-corrected chi connectivity index (χ4v) is 3.77. The van der Waals surface area contributed by atoms with Crippen LogP contribution in [0.4, 0.5) is 0 Å². The minimum absolute atomic E-state index is 0.0107. The van der Waals surface area contributed by atoms with E-state index in [2.05, 4.69) is 26.3 Å². The largest absolute Gasteiger partial charge is 0.327 e. The van der Waals surface area contributed by atoms with Crippen molar-refractivity contribution in [2.45, 2.75) is 32.4 Å². The van der Waals surface area contributed by atoms with Crippen LogP contribution in [0.3, 0.4) is 0 Å². The van der Waals surface area contributed by atoms with Crippen LogP contribution in [0, 0.1) is 0 Å². The number of fused-ring (bicyclic) bond motifs is 1. The molecule has 1 amide bonds. The number of nitrogens with zero attached hydrogens (tertiary/aromatic N) is 5. The molecular weight excluding hydrogens is 310 g/mol. The second-order valence-electron chi connectivity index (χ2n) is 5.65. The molecule has 0 saturated carbocycles. The zero-order valence-electron chi connectivity index (χ0n) is 12.8. The van der Waals surface area contributed by atoms with Gasteiger partial charge in [0.2, 0.25) is 0 Å². The molecule has 0 aliphatic carbocycles. The lowest BCUT2D eigenvalue weighted by atomic mass is 10.2. The lowest BCUT2D eigenvalue weighted by molar-refractivity contribution is 0.0723. The van der Waals surface area contributed by atoms with Gasteiger partial charge in [-0.05, 0) is 31.9 Å². The summed E-state index contributed by atoms with van der Waals surface area (Å²) in [4.78, 5) is 19.4. The third-order valence-corrected chi connectivity index (χ3v) is 4.87. The Bertz CT molecular complexity index is 841. The predicted molar refractivity (Wildman–Crippen MR) is 88.3 cm³/mol. The van der Waals surface area contributed by atoms with E-state index in [0.717, 1.165) is 54.5 Å². The average molecular weight is 327 g/mol. The van der Waals surface area contributed by atoms with Crippen LogP contribution in [-0.2, 0) is 6.54 Å². The van der Waals surface area contributed by atoms with Crippen LogP contribution < -0.4 is 0 Å². The first-order chi connectivity index (χ1) is 11.3. The number of amides is 1. The summed E-state index contributed by atoms with van der Waals surface area (Å²) in [7, 11) is 0. The quantitative estimate of drug-likeness (QED) is 0.742. The number of para-hydroxylation sites is 2. The molecule has 1 atom stereocenters. The van der Waals surface area contributed by atoms with Crippen molar-refractivity contribution in [2.75, 3.05) is 6.54 Å². The minimum Gasteiger partial charge on any atom is -0.327 e. The Balaban J connectivity index is 1.76. The molecule has 1 fully saturated rings. The molecule has 1 saturated heterocycles. The van der Waals surface area contributed by atoms with Gasteiger partial charge in [-0.2, -0.15) is 8.75 Å². The van der Waals surface area contributed by atoms with Gasteiger partial charge >= 0.3 is 0 Å². The number of hydrogen-bond acceptors (Lipinski definition) is 5. The Hall–Kier alpha value is -2.28. The summed E-state index contributed by atoms with van der Waals surface area (Å²) in [5.41, 5.74) is 2.54. The molecule has 0 unspecified atom stereocenters. The lowest BCUT2D eigenvalue weighted by Gasteiger charge is -2.24. The molecule has 3 aromatic rings. The van der Waals surface area contributed by atoms with Gasteiger partial charge in [-0.3, -0.25) is 4.79 Å². The Morgan fingerprint density at radius 3 is 3.04 bits per heavy atom. The molecule has 0 radical (unpaired) electrons. The Kier molecular flexibility index (Phi) is 3.57. The van der Waals surface area contributed by atoms with Crippen LogP contribution in [0.25, 0.3) is 11.0 Å². The number of carbonyl (C=O) groups excluding carboxylic acids is 1. The molecule has 3 heterocycles. The van der Waals surface area contributed by atoms with Crippen molar-refractivity contribution < 1.29 is 4.79 Å². The predicted octanol–water partition coefficient (Wildman–Crippen LogP) is 2.89. The molecule has 118 valence electrons. The van der Waals surface area contributed by atoms with Gasteiger partial charge in [0.05, 0.1) is 35.0 Å². The van der Waals surface area contributed by atoms with E-state index in [-0.39, 0.29) is 11.9 Å². The standard InChI is InChI=1S/C16H17N5OS/c1-2-20-13-7-4-3-6-11(13)18-15(20)14-8-5-9-21(14)16(22)12-10-17-23-19-12/h3-4,6-7,10,14H,2,5,8-9H2,1H3/t14-/m1/s1. The summed E-state index contributed by atoms with van der Waals surface area (Å²) in [6.07, 6.45) is 3.47. The molecular formula is C16H17N5OS. The monoisotopic (exact) mass is 327 g/mol.